The van der Waals surface area contributed by atoms with Crippen LogP contribution < -0.4 is 5.32 Å². The van der Waals surface area contributed by atoms with E-state index in [1.165, 1.54) is 0 Å². The third-order valence-corrected chi connectivity index (χ3v) is 3.16. The minimum absolute atomic E-state index is 0.147. The maximum Gasteiger partial charge on any atom is 0.307 e. The number of anilines is 1. The van der Waals surface area contributed by atoms with Crippen LogP contribution in [0.2, 0.25) is 0 Å². The van der Waals surface area contributed by atoms with E-state index >= 15 is 0 Å². The maximum absolute atomic E-state index is 11.3. The molecular formula is C16H15NO3S. The van der Waals surface area contributed by atoms with Crippen molar-refractivity contribution in [1.82, 2.24) is 0 Å². The van der Waals surface area contributed by atoms with Crippen LogP contribution in [0.15, 0.2) is 48.5 Å². The molecular weight excluding hydrogens is 286 g/mol. The number of benzene rings is 2. The van der Waals surface area contributed by atoms with Crippen LogP contribution in [0.1, 0.15) is 16.7 Å². The maximum atomic E-state index is 11.3. The van der Waals surface area contributed by atoms with Crippen LogP contribution in [0.3, 0.4) is 0 Å². The molecule has 5 heteroatoms. The summed E-state index contributed by atoms with van der Waals surface area (Å²) in [6.07, 6.45) is 0.462. The van der Waals surface area contributed by atoms with Gasteiger partial charge in [0.05, 0.1) is 6.42 Å². The minimum Gasteiger partial charge on any atom is -0.481 e. The van der Waals surface area contributed by atoms with E-state index in [0.29, 0.717) is 17.7 Å². The van der Waals surface area contributed by atoms with Gasteiger partial charge in [-0.1, -0.05) is 61.2 Å². The van der Waals surface area contributed by atoms with Crippen molar-refractivity contribution in [2.45, 2.75) is 12.8 Å². The van der Waals surface area contributed by atoms with Crippen molar-refractivity contribution in [2.24, 2.45) is 0 Å². The van der Waals surface area contributed by atoms with Gasteiger partial charge in [0, 0.05) is 5.69 Å². The summed E-state index contributed by atoms with van der Waals surface area (Å²) in [4.78, 5) is 22.2. The van der Waals surface area contributed by atoms with E-state index in [0.717, 1.165) is 11.1 Å². The van der Waals surface area contributed by atoms with Crippen LogP contribution >= 0.6 is 12.6 Å². The number of para-hydroxylation sites is 1. The number of carbonyl (C=O) groups is 2. The summed E-state index contributed by atoms with van der Waals surface area (Å²) >= 11 is 3.72. The van der Waals surface area contributed by atoms with Gasteiger partial charge in [-0.2, -0.15) is 0 Å². The van der Waals surface area contributed by atoms with Crippen LogP contribution in [0.25, 0.3) is 0 Å². The van der Waals surface area contributed by atoms with Crippen LogP contribution in [0, 0.1) is 0 Å². The first-order valence-corrected chi connectivity index (χ1v) is 6.87. The molecule has 2 N–H and O–H groups in total. The lowest BCUT2D eigenvalue weighted by Crippen LogP contribution is -2.10. The molecule has 0 unspecified atom stereocenters. The smallest absolute Gasteiger partial charge is 0.307 e. The molecule has 0 radical (unpaired) electrons. The Morgan fingerprint density at radius 3 is 2.29 bits per heavy atom. The number of nitrogens with one attached hydrogen (secondary N) is 1. The molecule has 0 aliphatic rings. The van der Waals surface area contributed by atoms with E-state index in [4.69, 9.17) is 5.11 Å². The summed E-state index contributed by atoms with van der Waals surface area (Å²) in [6, 6.07) is 15.1. The molecule has 108 valence electrons. The zero-order chi connectivity index (χ0) is 15.2. The van der Waals surface area contributed by atoms with Gasteiger partial charge in [-0.15, -0.1) is 0 Å². The Morgan fingerprint density at radius 2 is 1.67 bits per heavy atom. The van der Waals surface area contributed by atoms with Crippen molar-refractivity contribution in [3.05, 3.63) is 65.2 Å². The standard InChI is InChI=1S/C16H15NO3S/c18-14(19)10-13-8-4-7-12(15(13)17-16(20)21)9-11-5-2-1-3-6-11/h1-8H,9-10H2,(H,18,19)(H2,17,20,21). The summed E-state index contributed by atoms with van der Waals surface area (Å²) in [5.41, 5.74) is 3.05. The van der Waals surface area contributed by atoms with Crippen molar-refractivity contribution in [2.75, 3.05) is 5.32 Å². The number of hydrogen-bond donors (Lipinski definition) is 3. The highest BCUT2D eigenvalue weighted by Crippen LogP contribution is 2.25. The molecule has 2 rings (SSSR count). The predicted octanol–water partition coefficient (Wildman–Crippen LogP) is 3.37. The number of amides is 1. The van der Waals surface area contributed by atoms with Crippen molar-refractivity contribution >= 4 is 29.5 Å². The first-order chi connectivity index (χ1) is 10.1. The first-order valence-electron chi connectivity index (χ1n) is 6.42. The Hall–Kier alpha value is -2.27. The van der Waals surface area contributed by atoms with Gasteiger partial charge in [-0.3, -0.25) is 9.59 Å². The van der Waals surface area contributed by atoms with Crippen molar-refractivity contribution in [3.8, 4) is 0 Å². The van der Waals surface area contributed by atoms with Crippen LogP contribution in [0.5, 0.6) is 0 Å². The van der Waals surface area contributed by atoms with Gasteiger partial charge in [0.25, 0.3) is 5.24 Å². The monoisotopic (exact) mass is 301 g/mol. The van der Waals surface area contributed by atoms with E-state index in [1.54, 1.807) is 12.1 Å². The second kappa shape index (κ2) is 6.95. The molecule has 0 aromatic heterocycles. The Morgan fingerprint density at radius 1 is 1.00 bits per heavy atom. The SMILES string of the molecule is O=C(O)Cc1cccc(Cc2ccccc2)c1NC(=O)S. The lowest BCUT2D eigenvalue weighted by Gasteiger charge is -2.14. The molecule has 21 heavy (non-hydrogen) atoms. The third-order valence-electron chi connectivity index (χ3n) is 3.05. The number of hydrogen-bond acceptors (Lipinski definition) is 2. The zero-order valence-electron chi connectivity index (χ0n) is 11.2. The molecule has 0 fully saturated rings. The van der Waals surface area contributed by atoms with Crippen molar-refractivity contribution in [1.29, 1.82) is 0 Å². The Kier molecular flexibility index (Phi) is 5.00. The van der Waals surface area contributed by atoms with E-state index in [2.05, 4.69) is 17.9 Å². The number of aliphatic carboxylic acids is 1. The Bertz CT molecular complexity index is 656. The van der Waals surface area contributed by atoms with Crippen LogP contribution in [-0.2, 0) is 17.6 Å². The van der Waals surface area contributed by atoms with Crippen LogP contribution in [-0.4, -0.2) is 16.3 Å². The number of rotatable bonds is 5. The van der Waals surface area contributed by atoms with Gasteiger partial charge in [-0.05, 0) is 23.1 Å². The average molecular weight is 301 g/mol. The Labute approximate surface area is 128 Å². The van der Waals surface area contributed by atoms with E-state index in [-0.39, 0.29) is 6.42 Å². The van der Waals surface area contributed by atoms with Crippen LogP contribution in [0.4, 0.5) is 10.5 Å². The normalized spacial score (nSPS) is 10.1. The van der Waals surface area contributed by atoms with Gasteiger partial charge in [0.2, 0.25) is 0 Å². The second-order valence-electron chi connectivity index (χ2n) is 4.61. The minimum atomic E-state index is -0.943. The van der Waals surface area contributed by atoms with Crippen molar-refractivity contribution in [3.63, 3.8) is 0 Å². The largest absolute Gasteiger partial charge is 0.481 e. The van der Waals surface area contributed by atoms with Gasteiger partial charge in [0.15, 0.2) is 0 Å². The fourth-order valence-electron chi connectivity index (χ4n) is 2.19. The molecule has 2 aromatic rings. The molecule has 2 aromatic carbocycles. The molecule has 0 saturated heterocycles. The lowest BCUT2D eigenvalue weighted by atomic mass is 9.98. The number of thiol groups is 1. The molecule has 0 bridgehead atoms. The molecule has 0 atom stereocenters. The fraction of sp³-hybridized carbons (Fsp3) is 0.125. The van der Waals surface area contributed by atoms with Gasteiger partial charge >= 0.3 is 5.97 Å². The highest BCUT2D eigenvalue weighted by Gasteiger charge is 2.13. The number of carbonyl (C=O) groups excluding carboxylic acids is 1. The zero-order valence-corrected chi connectivity index (χ0v) is 12.1. The number of carboxylic acid groups (broad SMARTS) is 1. The fourth-order valence-corrected chi connectivity index (χ4v) is 2.31. The summed E-state index contributed by atoms with van der Waals surface area (Å²) in [7, 11) is 0. The molecule has 0 spiro atoms. The molecule has 0 saturated carbocycles. The number of carboxylic acids is 1. The quantitative estimate of drug-likeness (QED) is 0.742. The summed E-state index contributed by atoms with van der Waals surface area (Å²) < 4.78 is 0. The summed E-state index contributed by atoms with van der Waals surface area (Å²) in [6.45, 7) is 0. The molecule has 4 nitrogen and oxygen atoms in total. The molecule has 0 heterocycles. The van der Waals surface area contributed by atoms with E-state index in [1.807, 2.05) is 36.4 Å². The highest BCUT2D eigenvalue weighted by molar-refractivity contribution is 7.96. The molecule has 1 amide bonds. The molecule has 0 aliphatic carbocycles. The van der Waals surface area contributed by atoms with Gasteiger partial charge in [0.1, 0.15) is 0 Å². The topological polar surface area (TPSA) is 66.4 Å². The summed E-state index contributed by atoms with van der Waals surface area (Å²) in [5, 5.41) is 11.1. The highest BCUT2D eigenvalue weighted by atomic mass is 32.1. The predicted molar refractivity (Wildman–Crippen MR) is 85.0 cm³/mol. The van der Waals surface area contributed by atoms with Crippen molar-refractivity contribution < 1.29 is 14.7 Å². The van der Waals surface area contributed by atoms with Gasteiger partial charge < -0.3 is 10.4 Å². The third kappa shape index (κ3) is 4.36. The van der Waals surface area contributed by atoms with Gasteiger partial charge in [-0.25, -0.2) is 0 Å². The molecule has 0 aliphatic heterocycles. The average Bonchev–Trinajstić information content (AvgIpc) is 2.42. The van der Waals surface area contributed by atoms with E-state index < -0.39 is 11.2 Å². The van der Waals surface area contributed by atoms with E-state index in [9.17, 15) is 9.59 Å². The Balaban J connectivity index is 2.39. The second-order valence-corrected chi connectivity index (χ2v) is 5.02. The first kappa shape index (κ1) is 15.1. The summed E-state index contributed by atoms with van der Waals surface area (Å²) in [5.74, 6) is -0.943. The lowest BCUT2D eigenvalue weighted by molar-refractivity contribution is -0.136.